The lowest BCUT2D eigenvalue weighted by Gasteiger charge is -2.41. The van der Waals surface area contributed by atoms with Crippen LogP contribution in [0.15, 0.2) is 59.1 Å². The van der Waals surface area contributed by atoms with Crippen molar-refractivity contribution in [3.8, 4) is 0 Å². The van der Waals surface area contributed by atoms with Crippen LogP contribution in [0.3, 0.4) is 0 Å². The van der Waals surface area contributed by atoms with Crippen molar-refractivity contribution in [2.45, 2.75) is 45.7 Å². The number of halogens is 1. The van der Waals surface area contributed by atoms with Crippen molar-refractivity contribution in [3.05, 3.63) is 64.6 Å². The molecule has 1 amide bonds. The van der Waals surface area contributed by atoms with Crippen molar-refractivity contribution >= 4 is 27.5 Å². The van der Waals surface area contributed by atoms with Gasteiger partial charge in [-0.2, -0.15) is 0 Å². The summed E-state index contributed by atoms with van der Waals surface area (Å²) in [7, 11) is 0. The van der Waals surface area contributed by atoms with Gasteiger partial charge in [-0.25, -0.2) is 0 Å². The minimum absolute atomic E-state index is 0.0828. The highest BCUT2D eigenvalue weighted by molar-refractivity contribution is 9.10. The van der Waals surface area contributed by atoms with Crippen LogP contribution in [0.5, 0.6) is 0 Å². The van der Waals surface area contributed by atoms with E-state index in [1.165, 1.54) is 0 Å². The lowest BCUT2D eigenvalue weighted by atomic mass is 9.91. The highest BCUT2D eigenvalue weighted by Gasteiger charge is 2.33. The fourth-order valence-electron chi connectivity index (χ4n) is 3.74. The predicted octanol–water partition coefficient (Wildman–Crippen LogP) is 5.49. The number of rotatable bonds is 4. The molecule has 1 saturated heterocycles. The Hall–Kier alpha value is -1.65. The van der Waals surface area contributed by atoms with Gasteiger partial charge in [-0.3, -0.25) is 9.69 Å². The molecular formula is C23H29BrN2O. The molecule has 0 aliphatic carbocycles. The number of anilines is 1. The number of hydrogen-bond donors (Lipinski definition) is 0. The van der Waals surface area contributed by atoms with Crippen molar-refractivity contribution in [2.24, 2.45) is 5.92 Å². The van der Waals surface area contributed by atoms with Gasteiger partial charge in [-0.1, -0.05) is 42.5 Å². The maximum absolute atomic E-state index is 13.5. The first-order chi connectivity index (χ1) is 12.9. The number of para-hydroxylation sites is 1. The third-order valence-corrected chi connectivity index (χ3v) is 6.06. The zero-order valence-electron chi connectivity index (χ0n) is 16.5. The Morgan fingerprint density at radius 2 is 1.63 bits per heavy atom. The lowest BCUT2D eigenvalue weighted by Crippen LogP contribution is -2.49. The zero-order valence-corrected chi connectivity index (χ0v) is 18.1. The molecule has 0 N–H and O–H groups in total. The molecule has 0 spiro atoms. The Bertz CT molecular complexity index is 761. The molecule has 1 fully saturated rings. The quantitative estimate of drug-likeness (QED) is 0.642. The summed E-state index contributed by atoms with van der Waals surface area (Å²) >= 11 is 3.64. The molecule has 0 bridgehead atoms. The van der Waals surface area contributed by atoms with Crippen LogP contribution in [0.4, 0.5) is 5.69 Å². The minimum Gasteiger partial charge on any atom is -0.307 e. The minimum atomic E-state index is 0.0828. The molecule has 4 heteroatoms. The van der Waals surface area contributed by atoms with E-state index in [1.807, 2.05) is 47.4 Å². The maximum Gasteiger partial charge on any atom is 0.230 e. The Morgan fingerprint density at radius 1 is 1.04 bits per heavy atom. The number of carbonyl (C=O) groups excluding carboxylic acids is 1. The van der Waals surface area contributed by atoms with Gasteiger partial charge in [0.1, 0.15) is 0 Å². The molecule has 3 nitrogen and oxygen atoms in total. The average molecular weight is 429 g/mol. The fraction of sp³-hybridized carbons (Fsp3) is 0.435. The number of nitrogens with zero attached hydrogens (tertiary/aromatic N) is 2. The van der Waals surface area contributed by atoms with Gasteiger partial charge in [0.25, 0.3) is 0 Å². The number of hydrogen-bond acceptors (Lipinski definition) is 2. The molecule has 0 unspecified atom stereocenters. The zero-order chi connectivity index (χ0) is 19.4. The fourth-order valence-corrected chi connectivity index (χ4v) is 4.23. The van der Waals surface area contributed by atoms with E-state index in [9.17, 15) is 4.79 Å². The van der Waals surface area contributed by atoms with Crippen LogP contribution in [0.1, 0.15) is 39.2 Å². The van der Waals surface area contributed by atoms with E-state index < -0.39 is 0 Å². The molecule has 0 atom stereocenters. The van der Waals surface area contributed by atoms with Gasteiger partial charge in [0, 0.05) is 15.9 Å². The van der Waals surface area contributed by atoms with Crippen LogP contribution < -0.4 is 4.90 Å². The summed E-state index contributed by atoms with van der Waals surface area (Å²) in [5, 5.41) is 0. The predicted molar refractivity (Wildman–Crippen MR) is 116 cm³/mol. The van der Waals surface area contributed by atoms with Crippen molar-refractivity contribution in [1.29, 1.82) is 0 Å². The van der Waals surface area contributed by atoms with Gasteiger partial charge < -0.3 is 4.90 Å². The van der Waals surface area contributed by atoms with E-state index >= 15 is 0 Å². The van der Waals surface area contributed by atoms with E-state index in [0.717, 1.165) is 41.7 Å². The normalized spacial score (nSPS) is 16.3. The van der Waals surface area contributed by atoms with Crippen LogP contribution in [-0.2, 0) is 11.3 Å². The lowest BCUT2D eigenvalue weighted by molar-refractivity contribution is -0.124. The highest BCUT2D eigenvalue weighted by atomic mass is 79.9. The third-order valence-electron chi connectivity index (χ3n) is 5.39. The molecule has 3 rings (SSSR count). The number of benzene rings is 2. The smallest absolute Gasteiger partial charge is 0.230 e. The molecule has 1 heterocycles. The van der Waals surface area contributed by atoms with E-state index in [1.54, 1.807) is 0 Å². The second kappa shape index (κ2) is 8.57. The summed E-state index contributed by atoms with van der Waals surface area (Å²) in [6, 6.07) is 18.2. The topological polar surface area (TPSA) is 23.6 Å². The second-order valence-corrected chi connectivity index (χ2v) is 9.15. The molecule has 2 aromatic carbocycles. The molecule has 1 aliphatic heterocycles. The van der Waals surface area contributed by atoms with Crippen molar-refractivity contribution < 1.29 is 4.79 Å². The van der Waals surface area contributed by atoms with Crippen LogP contribution in [0, 0.1) is 5.92 Å². The molecular weight excluding hydrogens is 400 g/mol. The monoisotopic (exact) mass is 428 g/mol. The van der Waals surface area contributed by atoms with E-state index in [-0.39, 0.29) is 17.4 Å². The largest absolute Gasteiger partial charge is 0.307 e. The molecule has 2 aromatic rings. The van der Waals surface area contributed by atoms with Crippen LogP contribution >= 0.6 is 15.9 Å². The maximum atomic E-state index is 13.5. The van der Waals surface area contributed by atoms with E-state index in [4.69, 9.17) is 0 Å². The summed E-state index contributed by atoms with van der Waals surface area (Å²) in [4.78, 5) is 17.9. The molecule has 1 aliphatic rings. The Labute approximate surface area is 171 Å². The first kappa shape index (κ1) is 20.1. The van der Waals surface area contributed by atoms with Crippen molar-refractivity contribution in [2.75, 3.05) is 18.0 Å². The first-order valence-corrected chi connectivity index (χ1v) is 10.5. The first-order valence-electron chi connectivity index (χ1n) is 9.71. The number of carbonyl (C=O) groups is 1. The molecule has 0 aromatic heterocycles. The number of piperidine rings is 1. The van der Waals surface area contributed by atoms with Gasteiger partial charge >= 0.3 is 0 Å². The van der Waals surface area contributed by atoms with Gasteiger partial charge in [0.05, 0.1) is 12.2 Å². The van der Waals surface area contributed by atoms with Gasteiger partial charge in [-0.15, -0.1) is 0 Å². The van der Waals surface area contributed by atoms with Gasteiger partial charge in [-0.05, 0) is 80.3 Å². The summed E-state index contributed by atoms with van der Waals surface area (Å²) in [6.07, 6.45) is 1.84. The second-order valence-electron chi connectivity index (χ2n) is 8.29. The summed E-state index contributed by atoms with van der Waals surface area (Å²) in [5.41, 5.74) is 2.26. The molecule has 0 radical (unpaired) electrons. The van der Waals surface area contributed by atoms with Crippen LogP contribution in [0.25, 0.3) is 0 Å². The Morgan fingerprint density at radius 3 is 2.22 bits per heavy atom. The summed E-state index contributed by atoms with van der Waals surface area (Å²) < 4.78 is 0.960. The van der Waals surface area contributed by atoms with Gasteiger partial charge in [0.15, 0.2) is 0 Å². The van der Waals surface area contributed by atoms with Crippen LogP contribution in [-0.4, -0.2) is 29.4 Å². The standard InChI is InChI=1S/C23H29BrN2O/c1-23(2,3)25-15-13-19(14-16-25)22(27)26(17-18-9-5-4-6-10-18)21-12-8-7-11-20(21)24/h4-12,19H,13-17H2,1-3H3. The van der Waals surface area contributed by atoms with Gasteiger partial charge in [0.2, 0.25) is 5.91 Å². The highest BCUT2D eigenvalue weighted by Crippen LogP contribution is 2.31. The van der Waals surface area contributed by atoms with E-state index in [0.29, 0.717) is 6.54 Å². The molecule has 144 valence electrons. The summed E-state index contributed by atoms with van der Waals surface area (Å²) in [6.45, 7) is 9.31. The third kappa shape index (κ3) is 4.99. The van der Waals surface area contributed by atoms with Crippen LogP contribution in [0.2, 0.25) is 0 Å². The van der Waals surface area contributed by atoms with Crippen molar-refractivity contribution in [1.82, 2.24) is 4.90 Å². The van der Waals surface area contributed by atoms with Crippen molar-refractivity contribution in [3.63, 3.8) is 0 Å². The SMILES string of the molecule is CC(C)(C)N1CCC(C(=O)N(Cc2ccccc2)c2ccccc2Br)CC1. The summed E-state index contributed by atoms with van der Waals surface area (Å²) in [5.74, 6) is 0.318. The Balaban J connectivity index is 1.81. The molecule has 0 saturated carbocycles. The number of amides is 1. The average Bonchev–Trinajstić information content (AvgIpc) is 2.66. The number of likely N-dealkylation sites (tertiary alicyclic amines) is 1. The molecule has 27 heavy (non-hydrogen) atoms. The Kier molecular flexibility index (Phi) is 6.38. The van der Waals surface area contributed by atoms with E-state index in [2.05, 4.69) is 53.7 Å².